The van der Waals surface area contributed by atoms with E-state index in [0.717, 1.165) is 12.1 Å². The molecule has 6 heteroatoms. The second-order valence-electron chi connectivity index (χ2n) is 4.15. The van der Waals surface area contributed by atoms with Gasteiger partial charge >= 0.3 is 10.5 Å². The van der Waals surface area contributed by atoms with E-state index in [2.05, 4.69) is 23.3 Å². The van der Waals surface area contributed by atoms with Crippen LogP contribution in [0, 0.1) is 5.92 Å². The monoisotopic (exact) mass is 291 g/mol. The maximum atomic E-state index is 12.3. The molecule has 1 N–H and O–H groups in total. The lowest BCUT2D eigenvalue weighted by molar-refractivity contribution is 0.440. The van der Waals surface area contributed by atoms with Crippen molar-refractivity contribution in [2.24, 2.45) is 5.92 Å². The van der Waals surface area contributed by atoms with Crippen LogP contribution in [0.15, 0.2) is 24.3 Å². The second-order valence-corrected chi connectivity index (χ2v) is 5.10. The Bertz CT molecular complexity index is 461. The Labute approximate surface area is 115 Å². The van der Waals surface area contributed by atoms with E-state index in [1.165, 1.54) is 12.1 Å². The minimum absolute atomic E-state index is 0.0173. The van der Waals surface area contributed by atoms with E-state index < -0.39 is 10.5 Å². The molecule has 1 aromatic rings. The molecule has 0 atom stereocenters. The fourth-order valence-electron chi connectivity index (χ4n) is 1.33. The minimum atomic E-state index is -4.95. The molecule has 0 bridgehead atoms. The van der Waals surface area contributed by atoms with Gasteiger partial charge in [-0.3, -0.25) is 0 Å². The zero-order valence-corrected chi connectivity index (χ0v) is 12.6. The van der Waals surface area contributed by atoms with Gasteiger partial charge in [0.15, 0.2) is 0 Å². The standard InChI is InChI=1S/C11H16FNO3S.C2H6/c1-9(2)7-13-8-10-4-3-5-11(6-10)16-17(12,14)15;1-2/h3-6,9,13H,7-8H2,1-2H3;1-2H3. The van der Waals surface area contributed by atoms with Gasteiger partial charge in [0, 0.05) is 6.54 Å². The number of rotatable bonds is 6. The third kappa shape index (κ3) is 9.44. The first-order valence-electron chi connectivity index (χ1n) is 6.30. The zero-order chi connectivity index (χ0) is 14.9. The van der Waals surface area contributed by atoms with Crippen molar-refractivity contribution in [3.63, 3.8) is 0 Å². The molecule has 0 saturated carbocycles. The smallest absolute Gasteiger partial charge is 0.358 e. The number of nitrogens with one attached hydrogen (secondary N) is 1. The second kappa shape index (κ2) is 8.87. The van der Waals surface area contributed by atoms with Crippen molar-refractivity contribution in [3.8, 4) is 5.75 Å². The molecule has 0 heterocycles. The molecule has 0 amide bonds. The number of hydrogen-bond donors (Lipinski definition) is 1. The van der Waals surface area contributed by atoms with Gasteiger partial charge in [0.2, 0.25) is 0 Å². The Kier molecular flexibility index (Phi) is 8.34. The molecular weight excluding hydrogens is 269 g/mol. The van der Waals surface area contributed by atoms with Gasteiger partial charge in [-0.2, -0.15) is 8.42 Å². The fourth-order valence-corrected chi connectivity index (χ4v) is 1.66. The molecule has 1 rings (SSSR count). The molecule has 0 aliphatic heterocycles. The lowest BCUT2D eigenvalue weighted by Crippen LogP contribution is -2.18. The van der Waals surface area contributed by atoms with Crippen LogP contribution in [0.2, 0.25) is 0 Å². The van der Waals surface area contributed by atoms with Crippen molar-refractivity contribution in [3.05, 3.63) is 29.8 Å². The summed E-state index contributed by atoms with van der Waals surface area (Å²) in [6.45, 7) is 9.61. The average molecular weight is 291 g/mol. The Morgan fingerprint density at radius 2 is 1.95 bits per heavy atom. The highest BCUT2D eigenvalue weighted by Gasteiger charge is 2.09. The molecular formula is C13H22FNO3S. The Morgan fingerprint density at radius 3 is 2.47 bits per heavy atom. The molecule has 0 unspecified atom stereocenters. The summed E-state index contributed by atoms with van der Waals surface area (Å²) in [7, 11) is -4.95. The van der Waals surface area contributed by atoms with Crippen LogP contribution in [0.25, 0.3) is 0 Å². The first kappa shape index (κ1) is 17.9. The van der Waals surface area contributed by atoms with Gasteiger partial charge in [0.05, 0.1) is 0 Å². The van der Waals surface area contributed by atoms with Crippen molar-refractivity contribution >= 4 is 10.5 Å². The van der Waals surface area contributed by atoms with E-state index in [4.69, 9.17) is 0 Å². The molecule has 0 fully saturated rings. The van der Waals surface area contributed by atoms with Gasteiger partial charge < -0.3 is 9.50 Å². The lowest BCUT2D eigenvalue weighted by Gasteiger charge is -2.08. The summed E-state index contributed by atoms with van der Waals surface area (Å²) in [5.41, 5.74) is 0.840. The summed E-state index contributed by atoms with van der Waals surface area (Å²) >= 11 is 0. The number of benzene rings is 1. The molecule has 0 aliphatic rings. The molecule has 110 valence electrons. The Hall–Kier alpha value is -1.14. The van der Waals surface area contributed by atoms with Crippen LogP contribution in [-0.2, 0) is 17.0 Å². The van der Waals surface area contributed by atoms with Crippen LogP contribution < -0.4 is 9.50 Å². The third-order valence-corrected chi connectivity index (χ3v) is 2.37. The van der Waals surface area contributed by atoms with Crippen LogP contribution in [0.4, 0.5) is 3.89 Å². The minimum Gasteiger partial charge on any atom is -0.358 e. The summed E-state index contributed by atoms with van der Waals surface area (Å²) in [5, 5.41) is 3.19. The number of hydrogen-bond acceptors (Lipinski definition) is 4. The maximum Gasteiger partial charge on any atom is 0.488 e. The van der Waals surface area contributed by atoms with E-state index in [0.29, 0.717) is 12.5 Å². The van der Waals surface area contributed by atoms with Crippen molar-refractivity contribution in [2.75, 3.05) is 6.54 Å². The van der Waals surface area contributed by atoms with Gasteiger partial charge in [0.1, 0.15) is 5.75 Å². The van der Waals surface area contributed by atoms with Gasteiger partial charge in [-0.15, -0.1) is 0 Å². The van der Waals surface area contributed by atoms with Crippen LogP contribution >= 0.6 is 0 Å². The number of halogens is 1. The fraction of sp³-hybridized carbons (Fsp3) is 0.538. The van der Waals surface area contributed by atoms with E-state index in [1.54, 1.807) is 6.07 Å². The van der Waals surface area contributed by atoms with Crippen molar-refractivity contribution in [2.45, 2.75) is 34.2 Å². The van der Waals surface area contributed by atoms with Crippen molar-refractivity contribution in [1.82, 2.24) is 5.32 Å². The topological polar surface area (TPSA) is 55.4 Å². The van der Waals surface area contributed by atoms with Crippen LogP contribution in [0.1, 0.15) is 33.3 Å². The third-order valence-electron chi connectivity index (χ3n) is 1.98. The Balaban J connectivity index is 0.00000154. The van der Waals surface area contributed by atoms with Gasteiger partial charge in [-0.1, -0.05) is 43.7 Å². The van der Waals surface area contributed by atoms with E-state index in [-0.39, 0.29) is 5.75 Å². The average Bonchev–Trinajstić information content (AvgIpc) is 2.29. The first-order valence-corrected chi connectivity index (χ1v) is 7.61. The zero-order valence-electron chi connectivity index (χ0n) is 11.8. The molecule has 0 spiro atoms. The predicted octanol–water partition coefficient (Wildman–Crippen LogP) is 3.05. The highest BCUT2D eigenvalue weighted by atomic mass is 32.3. The van der Waals surface area contributed by atoms with E-state index >= 15 is 0 Å². The SMILES string of the molecule is CC.CC(C)CNCc1cccc(OS(=O)(=O)F)c1. The summed E-state index contributed by atoms with van der Waals surface area (Å²) in [6, 6.07) is 6.31. The highest BCUT2D eigenvalue weighted by molar-refractivity contribution is 7.81. The quantitative estimate of drug-likeness (QED) is 0.818. The highest BCUT2D eigenvalue weighted by Crippen LogP contribution is 2.15. The van der Waals surface area contributed by atoms with Gasteiger partial charge in [0.25, 0.3) is 0 Å². The van der Waals surface area contributed by atoms with Crippen LogP contribution in [0.3, 0.4) is 0 Å². The van der Waals surface area contributed by atoms with Gasteiger partial charge in [-0.05, 0) is 30.2 Å². The van der Waals surface area contributed by atoms with E-state index in [9.17, 15) is 12.3 Å². The molecule has 19 heavy (non-hydrogen) atoms. The van der Waals surface area contributed by atoms with Crippen LogP contribution in [0.5, 0.6) is 5.75 Å². The van der Waals surface area contributed by atoms with Crippen LogP contribution in [-0.4, -0.2) is 15.0 Å². The molecule has 1 aromatic carbocycles. The van der Waals surface area contributed by atoms with Crippen molar-refractivity contribution in [1.29, 1.82) is 0 Å². The molecule has 0 aromatic heterocycles. The molecule has 0 radical (unpaired) electrons. The Morgan fingerprint density at radius 1 is 1.32 bits per heavy atom. The lowest BCUT2D eigenvalue weighted by atomic mass is 10.2. The summed E-state index contributed by atoms with van der Waals surface area (Å²) in [5.74, 6) is 0.511. The maximum absolute atomic E-state index is 12.3. The largest absolute Gasteiger partial charge is 0.488 e. The summed E-state index contributed by atoms with van der Waals surface area (Å²) < 4.78 is 37.1. The normalized spacial score (nSPS) is 10.8. The molecule has 0 aliphatic carbocycles. The summed E-state index contributed by atoms with van der Waals surface area (Å²) in [6.07, 6.45) is 0. The van der Waals surface area contributed by atoms with Gasteiger partial charge in [-0.25, -0.2) is 0 Å². The predicted molar refractivity (Wildman–Crippen MR) is 75.0 cm³/mol. The first-order chi connectivity index (χ1) is 8.87. The summed E-state index contributed by atoms with van der Waals surface area (Å²) in [4.78, 5) is 0. The molecule has 4 nitrogen and oxygen atoms in total. The van der Waals surface area contributed by atoms with E-state index in [1.807, 2.05) is 19.9 Å². The molecule has 0 saturated heterocycles. The van der Waals surface area contributed by atoms with Crippen molar-refractivity contribution < 1.29 is 16.5 Å².